The van der Waals surface area contributed by atoms with Crippen LogP contribution in [0.5, 0.6) is 0 Å². The molecule has 3 N–H and O–H groups in total. The number of fused-ring (bicyclic) bond motifs is 7. The fourth-order valence-electron chi connectivity index (χ4n) is 15.0. The number of carbonyl (C=O) groups excluding carboxylic acids is 1. The predicted octanol–water partition coefficient (Wildman–Crippen LogP) is 4.27. The van der Waals surface area contributed by atoms with Gasteiger partial charge in [-0.3, -0.25) is 9.80 Å². The summed E-state index contributed by atoms with van der Waals surface area (Å²) in [5, 5.41) is 20.9. The molecule has 0 unspecified atom stereocenters. The lowest BCUT2D eigenvalue weighted by Crippen LogP contribution is -2.76. The summed E-state index contributed by atoms with van der Waals surface area (Å²) in [6.45, 7) is 7.63. The van der Waals surface area contributed by atoms with Gasteiger partial charge in [0.05, 0.1) is 53.0 Å². The zero-order chi connectivity index (χ0) is 32.9. The lowest BCUT2D eigenvalue weighted by molar-refractivity contribution is -0.194. The molecular weight excluding hydrogens is 616 g/mol. The number of rotatable bonds is 3. The molecule has 2 aliphatic carbocycles. The average molecular weight is 663 g/mol. The number of methoxy groups -OCH3 is 1. The van der Waals surface area contributed by atoms with Crippen LogP contribution in [0, 0.1) is 11.3 Å². The summed E-state index contributed by atoms with van der Waals surface area (Å²) < 4.78 is 20.2. The standard InChI is InChI=1S/C40H46N4O5/c1-4-35-19-25-30-37(5-2,49-40(25)39(24-11-7-9-13-27(24)42-40)15-16-43(33(35)39)20-28-31(35)48-28)21-36-18-22(32(45)47-3)29-38(34(36)46,14-17-44(30)36)23-10-6-8-12-26(23)41-29/h6-13,25,28,30-31,33-34,41-42,46H,4-5,14-21H2,1-3H3/t25-,28-,30+,31-,33+,34-,35-,36+,37+,38-,39-,40+/m0/s1. The van der Waals surface area contributed by atoms with Gasteiger partial charge in [0.2, 0.25) is 0 Å². The Kier molecular flexibility index (Phi) is 5.02. The van der Waals surface area contributed by atoms with E-state index < -0.39 is 28.4 Å². The van der Waals surface area contributed by atoms with Crippen molar-refractivity contribution in [1.29, 1.82) is 0 Å². The van der Waals surface area contributed by atoms with Gasteiger partial charge in [-0.05, 0) is 68.3 Å². The van der Waals surface area contributed by atoms with E-state index in [0.717, 1.165) is 68.7 Å². The van der Waals surface area contributed by atoms with Gasteiger partial charge in [-0.15, -0.1) is 0 Å². The van der Waals surface area contributed by atoms with Gasteiger partial charge in [0, 0.05) is 60.0 Å². The highest BCUT2D eigenvalue weighted by Crippen LogP contribution is 2.78. The topological polar surface area (TPSA) is 98.8 Å². The minimum absolute atomic E-state index is 0.0242. The molecule has 49 heavy (non-hydrogen) atoms. The largest absolute Gasteiger partial charge is 0.466 e. The van der Waals surface area contributed by atoms with Crippen LogP contribution in [-0.2, 0) is 29.8 Å². The van der Waals surface area contributed by atoms with Crippen LogP contribution in [-0.4, -0.2) is 94.9 Å². The predicted molar refractivity (Wildman–Crippen MR) is 182 cm³/mol. The van der Waals surface area contributed by atoms with Crippen molar-refractivity contribution in [2.45, 2.75) is 117 Å². The van der Waals surface area contributed by atoms with Crippen LogP contribution >= 0.6 is 0 Å². The highest BCUT2D eigenvalue weighted by atomic mass is 16.6. The number of nitrogens with one attached hydrogen (secondary N) is 2. The second-order valence-corrected chi connectivity index (χ2v) is 17.3. The SMILES string of the molecule is CC[C@@]12C[C@@]34CC(C(=O)OC)=C5Nc6ccccc6[C@]5(CCN3[C@@H]1[C@@H]1C[C@]3(CC)[C@H]5N(CC[C@]56c5ccccc5N[C@@]16O2)C[C@@H]1O[C@@H]13)[C@H]4O. The Morgan fingerprint density at radius 1 is 1.04 bits per heavy atom. The summed E-state index contributed by atoms with van der Waals surface area (Å²) in [5.41, 5.74) is 3.70. The molecule has 12 atom stereocenters. The Morgan fingerprint density at radius 2 is 1.84 bits per heavy atom. The van der Waals surface area contributed by atoms with Crippen LogP contribution in [0.25, 0.3) is 0 Å². The summed E-state index contributed by atoms with van der Waals surface area (Å²) in [6.07, 6.45) is 5.80. The van der Waals surface area contributed by atoms with E-state index in [9.17, 15) is 9.90 Å². The first-order valence-electron chi connectivity index (χ1n) is 18.9. The van der Waals surface area contributed by atoms with Gasteiger partial charge in [-0.1, -0.05) is 50.2 Å². The molecule has 9 nitrogen and oxygen atoms in total. The number of hydrogen-bond donors (Lipinski definition) is 3. The normalized spacial score (nSPS) is 50.0. The third-order valence-corrected chi connectivity index (χ3v) is 16.4. The fourth-order valence-corrected chi connectivity index (χ4v) is 15.0. The average Bonchev–Trinajstić information content (AvgIpc) is 3.34. The number of esters is 1. The van der Waals surface area contributed by atoms with Crippen LogP contribution in [0.4, 0.5) is 11.4 Å². The minimum Gasteiger partial charge on any atom is -0.466 e. The molecule has 4 spiro atoms. The Labute approximate surface area is 287 Å². The van der Waals surface area contributed by atoms with E-state index >= 15 is 0 Å². The number of ether oxygens (including phenoxy) is 3. The van der Waals surface area contributed by atoms with Crippen molar-refractivity contribution in [3.63, 3.8) is 0 Å². The molecule has 7 fully saturated rings. The van der Waals surface area contributed by atoms with Gasteiger partial charge in [0.25, 0.3) is 0 Å². The molecule has 256 valence electrons. The summed E-state index contributed by atoms with van der Waals surface area (Å²) in [4.78, 5) is 19.2. The summed E-state index contributed by atoms with van der Waals surface area (Å²) in [6, 6.07) is 17.8. The number of hydrogen-bond acceptors (Lipinski definition) is 9. The highest BCUT2D eigenvalue weighted by molar-refractivity contribution is 5.93. The maximum atomic E-state index is 13.8. The van der Waals surface area contributed by atoms with Crippen LogP contribution < -0.4 is 10.6 Å². The number of carbonyl (C=O) groups is 1. The molecular formula is C40H46N4O5. The first kappa shape index (κ1) is 28.7. The van der Waals surface area contributed by atoms with E-state index in [0.29, 0.717) is 30.6 Å². The minimum atomic E-state index is -0.700. The Bertz CT molecular complexity index is 1920. The third kappa shape index (κ3) is 2.72. The molecule has 0 amide bonds. The summed E-state index contributed by atoms with van der Waals surface area (Å²) >= 11 is 0. The van der Waals surface area contributed by atoms with E-state index in [1.165, 1.54) is 18.4 Å². The number of aliphatic hydroxyl groups excluding tert-OH is 1. The van der Waals surface area contributed by atoms with Crippen LogP contribution in [0.15, 0.2) is 59.8 Å². The third-order valence-electron chi connectivity index (χ3n) is 16.4. The van der Waals surface area contributed by atoms with E-state index in [1.54, 1.807) is 0 Å². The van der Waals surface area contributed by atoms with Crippen molar-refractivity contribution >= 4 is 17.3 Å². The maximum Gasteiger partial charge on any atom is 0.335 e. The second-order valence-electron chi connectivity index (χ2n) is 17.3. The Hall–Kier alpha value is -2.95. The zero-order valence-corrected chi connectivity index (χ0v) is 28.6. The van der Waals surface area contributed by atoms with E-state index in [4.69, 9.17) is 14.2 Å². The van der Waals surface area contributed by atoms with Crippen molar-refractivity contribution in [1.82, 2.24) is 9.80 Å². The first-order valence-corrected chi connectivity index (χ1v) is 18.9. The molecule has 2 aromatic rings. The van der Waals surface area contributed by atoms with Crippen molar-refractivity contribution < 1.29 is 24.1 Å². The van der Waals surface area contributed by atoms with Crippen LogP contribution in [0.3, 0.4) is 0 Å². The molecule has 1 saturated carbocycles. The zero-order valence-electron chi connectivity index (χ0n) is 28.6. The number of benzene rings is 2. The highest BCUT2D eigenvalue weighted by Gasteiger charge is 2.87. The Balaban J connectivity index is 1.07. The van der Waals surface area contributed by atoms with Crippen LogP contribution in [0.2, 0.25) is 0 Å². The number of nitrogens with zero attached hydrogens (tertiary/aromatic N) is 2. The van der Waals surface area contributed by atoms with Gasteiger partial charge < -0.3 is 30.0 Å². The number of aliphatic hydroxyl groups is 1. The maximum absolute atomic E-state index is 13.8. The van der Waals surface area contributed by atoms with Gasteiger partial charge in [-0.2, -0.15) is 0 Å². The lowest BCUT2D eigenvalue weighted by atomic mass is 9.47. The molecule has 10 aliphatic rings. The van der Waals surface area contributed by atoms with E-state index in [1.807, 2.05) is 6.07 Å². The monoisotopic (exact) mass is 662 g/mol. The van der Waals surface area contributed by atoms with Crippen molar-refractivity contribution in [2.75, 3.05) is 37.4 Å². The van der Waals surface area contributed by atoms with Crippen molar-refractivity contribution in [3.05, 3.63) is 70.9 Å². The van der Waals surface area contributed by atoms with Crippen LogP contribution in [0.1, 0.15) is 69.9 Å². The number of anilines is 2. The lowest BCUT2D eigenvalue weighted by Gasteiger charge is -2.64. The molecule has 8 heterocycles. The quantitative estimate of drug-likeness (QED) is 0.329. The second kappa shape index (κ2) is 8.56. The fraction of sp³-hybridized carbons (Fsp3) is 0.625. The van der Waals surface area contributed by atoms with Gasteiger partial charge in [0.1, 0.15) is 0 Å². The molecule has 2 aromatic carbocycles. The first-order chi connectivity index (χ1) is 23.8. The molecule has 8 aliphatic heterocycles. The molecule has 0 radical (unpaired) electrons. The van der Waals surface area contributed by atoms with Crippen molar-refractivity contribution in [2.24, 2.45) is 11.3 Å². The van der Waals surface area contributed by atoms with E-state index in [-0.39, 0.29) is 34.9 Å². The summed E-state index contributed by atoms with van der Waals surface area (Å²) in [7, 11) is 1.48. The Morgan fingerprint density at radius 3 is 2.63 bits per heavy atom. The molecule has 0 aromatic heterocycles. The van der Waals surface area contributed by atoms with Gasteiger partial charge in [0.15, 0.2) is 5.72 Å². The smallest absolute Gasteiger partial charge is 0.335 e. The van der Waals surface area contributed by atoms with E-state index in [2.05, 4.69) is 76.7 Å². The number of epoxide rings is 1. The van der Waals surface area contributed by atoms with Crippen molar-refractivity contribution in [3.8, 4) is 0 Å². The molecule has 9 heteroatoms. The number of piperidine rings is 2. The van der Waals surface area contributed by atoms with Gasteiger partial charge >= 0.3 is 5.97 Å². The molecule has 12 rings (SSSR count). The number of para-hydroxylation sites is 2. The summed E-state index contributed by atoms with van der Waals surface area (Å²) in [5.74, 6) is -0.115. The molecule has 6 saturated heterocycles. The van der Waals surface area contributed by atoms with Gasteiger partial charge in [-0.25, -0.2) is 4.79 Å². The molecule has 2 bridgehead atoms.